The van der Waals surface area contributed by atoms with Crippen LogP contribution in [0.4, 0.5) is 0 Å². The summed E-state index contributed by atoms with van der Waals surface area (Å²) in [4.78, 5) is 60.8. The van der Waals surface area contributed by atoms with Crippen LogP contribution in [0.3, 0.4) is 0 Å². The third kappa shape index (κ3) is 8.06. The van der Waals surface area contributed by atoms with Crippen molar-refractivity contribution in [3.8, 4) is 0 Å². The number of rotatable bonds is 20. The molecular weight excluding hydrogens is 645 g/mol. The van der Waals surface area contributed by atoms with Crippen LogP contribution >= 0.6 is 0 Å². The van der Waals surface area contributed by atoms with Crippen molar-refractivity contribution in [3.05, 3.63) is 117 Å². The Morgan fingerprint density at radius 3 is 1.17 bits per heavy atom. The summed E-state index contributed by atoms with van der Waals surface area (Å²) in [5.74, 6) is -1.26. The minimum absolute atomic E-state index is 0.307. The van der Waals surface area contributed by atoms with Gasteiger partial charge in [-0.3, -0.25) is 29.0 Å². The van der Waals surface area contributed by atoms with E-state index < -0.39 is 0 Å². The van der Waals surface area contributed by atoms with Gasteiger partial charge in [0.05, 0.1) is 11.1 Å². The molecule has 0 saturated heterocycles. The highest BCUT2D eigenvalue weighted by Gasteiger charge is 2.42. The lowest BCUT2D eigenvalue weighted by molar-refractivity contribution is 0.0585. The first-order chi connectivity index (χ1) is 25.4. The van der Waals surface area contributed by atoms with Gasteiger partial charge in [0, 0.05) is 35.0 Å². The van der Waals surface area contributed by atoms with Crippen LogP contribution < -0.4 is 0 Å². The highest BCUT2D eigenvalue weighted by molar-refractivity contribution is 6.34. The predicted octanol–water partition coefficient (Wildman–Crippen LogP) is 10.3. The van der Waals surface area contributed by atoms with Crippen molar-refractivity contribution in [3.63, 3.8) is 0 Å². The lowest BCUT2D eigenvalue weighted by Gasteiger charge is -2.34. The monoisotopic (exact) mass is 698 g/mol. The molecule has 0 fully saturated rings. The molecule has 4 aromatic rings. The Balaban J connectivity index is 1.45. The maximum absolute atomic E-state index is 14.5. The van der Waals surface area contributed by atoms with E-state index in [4.69, 9.17) is 0 Å². The van der Waals surface area contributed by atoms with Gasteiger partial charge in [-0.2, -0.15) is 0 Å². The molecule has 2 aliphatic rings. The summed E-state index contributed by atoms with van der Waals surface area (Å²) in [6.07, 6.45) is 15.0. The SMILES string of the molecule is CCCCCCCCN1C(=O)c2cc(CCc3ccccc3)c3c4c(cc(CCc5ccccc5)c(c24)C1=O)C(=O)N(CCCCCCCC)C3=O. The Morgan fingerprint density at radius 1 is 0.423 bits per heavy atom. The molecule has 0 radical (unpaired) electrons. The number of amides is 4. The standard InChI is InChI=1S/C46H54N2O4/c1-3-5-7-9-11-19-29-47-43(49)37-31-36(28-26-34-23-17-14-18-24-34)40-42-38(44(50)48(46(40)52)30-20-12-10-8-6-4-2)32-35(39(41(37)42)45(47)51)27-25-33-21-15-13-16-22-33/h13-18,21-24,31-32H,3-12,19-20,25-30H2,1-2H3. The zero-order chi connectivity index (χ0) is 36.5. The lowest BCUT2D eigenvalue weighted by Crippen LogP contribution is -2.45. The molecular formula is C46H54N2O4. The number of imide groups is 2. The van der Waals surface area contributed by atoms with Crippen LogP contribution in [0.1, 0.15) is 155 Å². The van der Waals surface area contributed by atoms with Crippen molar-refractivity contribution in [2.45, 2.75) is 117 Å². The van der Waals surface area contributed by atoms with E-state index in [1.54, 1.807) is 0 Å². The molecule has 6 heteroatoms. The Bertz CT molecular complexity index is 1760. The molecule has 272 valence electrons. The van der Waals surface area contributed by atoms with E-state index in [0.717, 1.165) is 86.5 Å². The van der Waals surface area contributed by atoms with Gasteiger partial charge >= 0.3 is 0 Å². The average Bonchev–Trinajstić information content (AvgIpc) is 3.17. The van der Waals surface area contributed by atoms with Crippen LogP contribution in [-0.2, 0) is 25.7 Å². The van der Waals surface area contributed by atoms with Gasteiger partial charge in [-0.05, 0) is 72.9 Å². The van der Waals surface area contributed by atoms with Crippen molar-refractivity contribution in [1.82, 2.24) is 9.80 Å². The van der Waals surface area contributed by atoms with Crippen molar-refractivity contribution in [1.29, 1.82) is 0 Å². The topological polar surface area (TPSA) is 74.8 Å². The fraction of sp³-hybridized carbons (Fsp3) is 0.435. The fourth-order valence-corrected chi connectivity index (χ4v) is 8.07. The summed E-state index contributed by atoms with van der Waals surface area (Å²) in [7, 11) is 0. The molecule has 2 aliphatic heterocycles. The van der Waals surface area contributed by atoms with E-state index in [9.17, 15) is 19.2 Å². The third-order valence-corrected chi connectivity index (χ3v) is 11.0. The van der Waals surface area contributed by atoms with Gasteiger partial charge in [0.15, 0.2) is 0 Å². The molecule has 2 heterocycles. The number of hydrogen-bond acceptors (Lipinski definition) is 4. The molecule has 0 aromatic heterocycles. The quantitative estimate of drug-likeness (QED) is 0.0680. The zero-order valence-electron chi connectivity index (χ0n) is 31.2. The van der Waals surface area contributed by atoms with Crippen molar-refractivity contribution < 1.29 is 19.2 Å². The number of benzene rings is 4. The van der Waals surface area contributed by atoms with Crippen LogP contribution in [0.5, 0.6) is 0 Å². The summed E-state index contributed by atoms with van der Waals surface area (Å²) < 4.78 is 0. The molecule has 4 amide bonds. The smallest absolute Gasteiger partial charge is 0.261 e. The van der Waals surface area contributed by atoms with E-state index >= 15 is 0 Å². The zero-order valence-corrected chi connectivity index (χ0v) is 31.2. The molecule has 0 atom stereocenters. The number of nitrogens with zero attached hydrogens (tertiary/aromatic N) is 2. The minimum Gasteiger partial charge on any atom is -0.274 e. The van der Waals surface area contributed by atoms with Crippen LogP contribution in [0.25, 0.3) is 10.8 Å². The third-order valence-electron chi connectivity index (χ3n) is 11.0. The maximum Gasteiger partial charge on any atom is 0.261 e. The Kier molecular flexibility index (Phi) is 12.7. The Hall–Kier alpha value is -4.58. The van der Waals surface area contributed by atoms with Gasteiger partial charge in [-0.1, -0.05) is 139 Å². The first-order valence-corrected chi connectivity index (χ1v) is 19.9. The molecule has 0 spiro atoms. The Morgan fingerprint density at radius 2 is 0.788 bits per heavy atom. The summed E-state index contributed by atoms with van der Waals surface area (Å²) in [5, 5.41) is 0.989. The van der Waals surface area contributed by atoms with Gasteiger partial charge in [-0.15, -0.1) is 0 Å². The summed E-state index contributed by atoms with van der Waals surface area (Å²) in [5.41, 5.74) is 5.65. The number of carbonyl (C=O) groups excluding carboxylic acids is 4. The Labute approximate surface area is 309 Å². The van der Waals surface area contributed by atoms with Crippen molar-refractivity contribution >= 4 is 34.4 Å². The second kappa shape index (κ2) is 17.8. The maximum atomic E-state index is 14.5. The molecule has 6 nitrogen and oxygen atoms in total. The highest BCUT2D eigenvalue weighted by Crippen LogP contribution is 2.42. The van der Waals surface area contributed by atoms with Crippen LogP contribution in [-0.4, -0.2) is 46.5 Å². The first-order valence-electron chi connectivity index (χ1n) is 19.9. The second-order valence-electron chi connectivity index (χ2n) is 14.7. The first kappa shape index (κ1) is 37.2. The van der Waals surface area contributed by atoms with E-state index in [-0.39, 0.29) is 23.6 Å². The van der Waals surface area contributed by atoms with Gasteiger partial charge in [0.25, 0.3) is 23.6 Å². The van der Waals surface area contributed by atoms with Crippen molar-refractivity contribution in [2.75, 3.05) is 13.1 Å². The number of unbranched alkanes of at least 4 members (excludes halogenated alkanes) is 10. The molecule has 4 aromatic carbocycles. The largest absolute Gasteiger partial charge is 0.274 e. The van der Waals surface area contributed by atoms with Gasteiger partial charge < -0.3 is 0 Å². The minimum atomic E-state index is -0.320. The number of hydrogen-bond donors (Lipinski definition) is 0. The van der Waals surface area contributed by atoms with E-state index in [1.807, 2.05) is 48.5 Å². The number of carbonyl (C=O) groups is 4. The van der Waals surface area contributed by atoms with E-state index in [0.29, 0.717) is 71.8 Å². The lowest BCUT2D eigenvalue weighted by atomic mass is 9.79. The van der Waals surface area contributed by atoms with Gasteiger partial charge in [0.1, 0.15) is 0 Å². The molecule has 52 heavy (non-hydrogen) atoms. The van der Waals surface area contributed by atoms with Gasteiger partial charge in [-0.25, -0.2) is 0 Å². The number of aryl methyl sites for hydroxylation is 4. The van der Waals surface area contributed by atoms with Gasteiger partial charge in [0.2, 0.25) is 0 Å². The molecule has 0 bridgehead atoms. The summed E-state index contributed by atoms with van der Waals surface area (Å²) in [6.45, 7) is 5.10. The van der Waals surface area contributed by atoms with Crippen LogP contribution in [0.2, 0.25) is 0 Å². The normalized spacial score (nSPS) is 13.9. The molecule has 0 saturated carbocycles. The van der Waals surface area contributed by atoms with E-state index in [2.05, 4.69) is 38.1 Å². The van der Waals surface area contributed by atoms with Crippen LogP contribution in [0.15, 0.2) is 72.8 Å². The summed E-state index contributed by atoms with van der Waals surface area (Å²) >= 11 is 0. The molecule has 0 unspecified atom stereocenters. The van der Waals surface area contributed by atoms with Crippen molar-refractivity contribution in [2.24, 2.45) is 0 Å². The van der Waals surface area contributed by atoms with Crippen LogP contribution in [0, 0.1) is 0 Å². The average molecular weight is 699 g/mol. The predicted molar refractivity (Wildman–Crippen MR) is 209 cm³/mol. The molecule has 6 rings (SSSR count). The second-order valence-corrected chi connectivity index (χ2v) is 14.7. The summed E-state index contributed by atoms with van der Waals surface area (Å²) in [6, 6.07) is 24.0. The molecule has 0 N–H and O–H groups in total. The van der Waals surface area contributed by atoms with E-state index in [1.165, 1.54) is 22.6 Å². The molecule has 0 aliphatic carbocycles. The fourth-order valence-electron chi connectivity index (χ4n) is 8.07. The highest BCUT2D eigenvalue weighted by atomic mass is 16.2.